The second-order valence-electron chi connectivity index (χ2n) is 6.27. The van der Waals surface area contributed by atoms with Gasteiger partial charge in [0, 0.05) is 16.3 Å². The molecule has 0 bridgehead atoms. The molecule has 0 saturated heterocycles. The second-order valence-corrected chi connectivity index (χ2v) is 6.71. The number of nitrogen functional groups attached to an aromatic ring is 1. The first-order valence-electron chi connectivity index (χ1n) is 8.81. The first-order valence-corrected chi connectivity index (χ1v) is 9.19. The first-order chi connectivity index (χ1) is 13.0. The van der Waals surface area contributed by atoms with Crippen LogP contribution in [-0.2, 0) is 17.6 Å². The van der Waals surface area contributed by atoms with Crippen LogP contribution < -0.4 is 11.1 Å². The third kappa shape index (κ3) is 5.05. The van der Waals surface area contributed by atoms with Gasteiger partial charge in [-0.15, -0.1) is 0 Å². The predicted molar refractivity (Wildman–Crippen MR) is 110 cm³/mol. The fourth-order valence-electron chi connectivity index (χ4n) is 2.70. The number of hydrogen-bond acceptors (Lipinski definition) is 4. The van der Waals surface area contributed by atoms with Gasteiger partial charge in [0.1, 0.15) is 0 Å². The molecule has 0 spiro atoms. The van der Waals surface area contributed by atoms with E-state index in [-0.39, 0.29) is 12.3 Å². The maximum absolute atomic E-state index is 12.4. The van der Waals surface area contributed by atoms with Crippen molar-refractivity contribution in [3.8, 4) is 11.3 Å². The van der Waals surface area contributed by atoms with Gasteiger partial charge in [-0.3, -0.25) is 4.79 Å². The lowest BCUT2D eigenvalue weighted by atomic mass is 10.1. The van der Waals surface area contributed by atoms with Gasteiger partial charge in [0.05, 0.1) is 24.0 Å². The molecule has 0 aliphatic carbocycles. The lowest BCUT2D eigenvalue weighted by Crippen LogP contribution is -2.17. The third-order valence-electron chi connectivity index (χ3n) is 4.07. The maximum atomic E-state index is 12.4. The number of aryl methyl sites for hydroxylation is 1. The van der Waals surface area contributed by atoms with Crippen LogP contribution in [-0.4, -0.2) is 15.9 Å². The van der Waals surface area contributed by atoms with E-state index in [2.05, 4.69) is 17.2 Å². The van der Waals surface area contributed by atoms with E-state index in [1.54, 1.807) is 18.3 Å². The number of nitrogens with zero attached hydrogens (tertiary/aromatic N) is 2. The topological polar surface area (TPSA) is 80.9 Å². The van der Waals surface area contributed by atoms with Crippen LogP contribution in [0.2, 0.25) is 5.02 Å². The van der Waals surface area contributed by atoms with Crippen molar-refractivity contribution < 1.29 is 4.79 Å². The van der Waals surface area contributed by atoms with Crippen molar-refractivity contribution in [3.63, 3.8) is 0 Å². The summed E-state index contributed by atoms with van der Waals surface area (Å²) in [5, 5.41) is 3.53. The molecule has 0 fully saturated rings. The van der Waals surface area contributed by atoms with E-state index in [9.17, 15) is 4.79 Å². The molecule has 0 radical (unpaired) electrons. The minimum absolute atomic E-state index is 0.135. The largest absolute Gasteiger partial charge is 0.399 e. The minimum Gasteiger partial charge on any atom is -0.399 e. The van der Waals surface area contributed by atoms with Crippen LogP contribution >= 0.6 is 11.6 Å². The molecule has 27 heavy (non-hydrogen) atoms. The molecule has 1 heterocycles. The Morgan fingerprint density at radius 3 is 2.48 bits per heavy atom. The summed E-state index contributed by atoms with van der Waals surface area (Å²) in [6.07, 6.45) is 3.55. The highest BCUT2D eigenvalue weighted by atomic mass is 35.5. The lowest BCUT2D eigenvalue weighted by molar-refractivity contribution is -0.115. The Hall–Kier alpha value is -2.92. The Labute approximate surface area is 163 Å². The molecule has 0 unspecified atom stereocenters. The highest BCUT2D eigenvalue weighted by Crippen LogP contribution is 2.22. The van der Waals surface area contributed by atoms with Crippen molar-refractivity contribution >= 4 is 29.0 Å². The molecule has 138 valence electrons. The summed E-state index contributed by atoms with van der Waals surface area (Å²) in [5.74, 6) is 0.374. The predicted octanol–water partition coefficient (Wildman–Crippen LogP) is 4.51. The number of anilines is 2. The number of halogens is 1. The fourth-order valence-corrected chi connectivity index (χ4v) is 2.83. The van der Waals surface area contributed by atoms with Gasteiger partial charge in [0.2, 0.25) is 5.91 Å². The molecule has 1 amide bonds. The van der Waals surface area contributed by atoms with Crippen molar-refractivity contribution in [3.05, 3.63) is 71.0 Å². The van der Waals surface area contributed by atoms with Crippen LogP contribution in [0.1, 0.15) is 24.6 Å². The van der Waals surface area contributed by atoms with Crippen LogP contribution in [0.4, 0.5) is 11.5 Å². The van der Waals surface area contributed by atoms with Crippen molar-refractivity contribution in [2.75, 3.05) is 11.1 Å². The SMILES string of the molecule is CCCc1nc(-c2ccc(N)cc2)cnc1NC(=O)Cc1ccc(Cl)cc1. The second kappa shape index (κ2) is 8.64. The molecule has 3 N–H and O–H groups in total. The number of amides is 1. The van der Waals surface area contributed by atoms with Crippen LogP contribution in [0, 0.1) is 0 Å². The van der Waals surface area contributed by atoms with E-state index in [1.165, 1.54) is 0 Å². The number of nitrogens with one attached hydrogen (secondary N) is 1. The van der Waals surface area contributed by atoms with Gasteiger partial charge in [-0.1, -0.05) is 49.2 Å². The van der Waals surface area contributed by atoms with Crippen molar-refractivity contribution in [1.82, 2.24) is 9.97 Å². The average molecular weight is 381 g/mol. The Kier molecular flexibility index (Phi) is 6.04. The number of rotatable bonds is 6. The van der Waals surface area contributed by atoms with Crippen molar-refractivity contribution in [1.29, 1.82) is 0 Å². The highest BCUT2D eigenvalue weighted by molar-refractivity contribution is 6.30. The molecule has 0 saturated carbocycles. The number of hydrogen-bond donors (Lipinski definition) is 2. The van der Waals surface area contributed by atoms with Crippen LogP contribution in [0.25, 0.3) is 11.3 Å². The van der Waals surface area contributed by atoms with Gasteiger partial charge in [0.15, 0.2) is 5.82 Å². The van der Waals surface area contributed by atoms with E-state index in [0.29, 0.717) is 16.5 Å². The summed E-state index contributed by atoms with van der Waals surface area (Å²) in [5.41, 5.74) is 9.80. The van der Waals surface area contributed by atoms with E-state index in [4.69, 9.17) is 22.3 Å². The average Bonchev–Trinajstić information content (AvgIpc) is 2.66. The van der Waals surface area contributed by atoms with Crippen molar-refractivity contribution in [2.24, 2.45) is 0 Å². The van der Waals surface area contributed by atoms with Crippen LogP contribution in [0.3, 0.4) is 0 Å². The molecular formula is C21H21ClN4O. The van der Waals surface area contributed by atoms with E-state index >= 15 is 0 Å². The number of carbonyl (C=O) groups excluding carboxylic acids is 1. The number of aromatic nitrogens is 2. The zero-order chi connectivity index (χ0) is 19.2. The molecule has 6 heteroatoms. The smallest absolute Gasteiger partial charge is 0.229 e. The van der Waals surface area contributed by atoms with Gasteiger partial charge >= 0.3 is 0 Å². The maximum Gasteiger partial charge on any atom is 0.229 e. The molecule has 3 rings (SSSR count). The van der Waals surface area contributed by atoms with Gasteiger partial charge in [-0.2, -0.15) is 0 Å². The normalized spacial score (nSPS) is 10.6. The Morgan fingerprint density at radius 2 is 1.81 bits per heavy atom. The number of benzene rings is 2. The summed E-state index contributed by atoms with van der Waals surface area (Å²) >= 11 is 5.88. The Bertz CT molecular complexity index is 924. The molecule has 3 aromatic rings. The van der Waals surface area contributed by atoms with Crippen LogP contribution in [0.15, 0.2) is 54.7 Å². The standard InChI is InChI=1S/C21H21ClN4O/c1-2-3-18-21(26-20(27)12-14-4-8-16(22)9-5-14)24-13-19(25-18)15-6-10-17(23)11-7-15/h4-11,13H,2-3,12,23H2,1H3,(H,24,26,27). The number of carbonyl (C=O) groups is 1. The molecule has 1 aromatic heterocycles. The molecule has 0 aliphatic heterocycles. The van der Waals surface area contributed by atoms with E-state index in [1.807, 2.05) is 36.4 Å². The Balaban J connectivity index is 1.78. The minimum atomic E-state index is -0.135. The Morgan fingerprint density at radius 1 is 1.11 bits per heavy atom. The van der Waals surface area contributed by atoms with E-state index < -0.39 is 0 Å². The molecule has 2 aromatic carbocycles. The van der Waals surface area contributed by atoms with Gasteiger partial charge in [-0.05, 0) is 36.2 Å². The summed E-state index contributed by atoms with van der Waals surface area (Å²) < 4.78 is 0. The summed E-state index contributed by atoms with van der Waals surface area (Å²) in [4.78, 5) is 21.5. The van der Waals surface area contributed by atoms with Crippen LogP contribution in [0.5, 0.6) is 0 Å². The lowest BCUT2D eigenvalue weighted by Gasteiger charge is -2.11. The van der Waals surface area contributed by atoms with Gasteiger partial charge in [-0.25, -0.2) is 9.97 Å². The zero-order valence-electron chi connectivity index (χ0n) is 15.1. The molecule has 0 atom stereocenters. The third-order valence-corrected chi connectivity index (χ3v) is 4.33. The summed E-state index contributed by atoms with van der Waals surface area (Å²) in [6.45, 7) is 2.07. The number of nitrogens with two attached hydrogens (primary N) is 1. The monoisotopic (exact) mass is 380 g/mol. The van der Waals surface area contributed by atoms with Gasteiger partial charge < -0.3 is 11.1 Å². The highest BCUT2D eigenvalue weighted by Gasteiger charge is 2.12. The molecule has 0 aliphatic rings. The summed E-state index contributed by atoms with van der Waals surface area (Å²) in [7, 11) is 0. The quantitative estimate of drug-likeness (QED) is 0.616. The van der Waals surface area contributed by atoms with Crippen molar-refractivity contribution in [2.45, 2.75) is 26.2 Å². The summed E-state index contributed by atoms with van der Waals surface area (Å²) in [6, 6.07) is 14.7. The van der Waals surface area contributed by atoms with Gasteiger partial charge in [0.25, 0.3) is 0 Å². The zero-order valence-corrected chi connectivity index (χ0v) is 15.8. The fraction of sp³-hybridized carbons (Fsp3) is 0.190. The molecule has 5 nitrogen and oxygen atoms in total. The van der Waals surface area contributed by atoms with E-state index in [0.717, 1.165) is 35.4 Å². The first kappa shape index (κ1) is 18.9. The molecular weight excluding hydrogens is 360 g/mol.